The van der Waals surface area contributed by atoms with Gasteiger partial charge >= 0.3 is 0 Å². The second kappa shape index (κ2) is 12.5. The number of ether oxygens (including phenoxy) is 1. The maximum atomic E-state index is 14.3. The zero-order chi connectivity index (χ0) is 30.8. The number of hydrogen-bond donors (Lipinski definition) is 0. The summed E-state index contributed by atoms with van der Waals surface area (Å²) in [6, 6.07) is 11.4. The van der Waals surface area contributed by atoms with E-state index in [1.807, 2.05) is 38.1 Å². The summed E-state index contributed by atoms with van der Waals surface area (Å²) in [5, 5.41) is 11.7. The molecule has 0 N–H and O–H groups in total. The Kier molecular flexibility index (Phi) is 8.79. The van der Waals surface area contributed by atoms with Gasteiger partial charge in [0.25, 0.3) is 17.2 Å². The van der Waals surface area contributed by atoms with Crippen LogP contribution in [0.3, 0.4) is 0 Å². The predicted molar refractivity (Wildman–Crippen MR) is 167 cm³/mol. The third kappa shape index (κ3) is 5.72. The Morgan fingerprint density at radius 2 is 1.86 bits per heavy atom. The molecular formula is C31H36N6O5S. The Morgan fingerprint density at radius 3 is 2.51 bits per heavy atom. The number of hydrogen-bond acceptors (Lipinski definition) is 9. The maximum Gasteiger partial charge on any atom is 0.271 e. The van der Waals surface area contributed by atoms with E-state index in [2.05, 4.69) is 16.8 Å². The van der Waals surface area contributed by atoms with Crippen molar-refractivity contribution in [3.63, 3.8) is 0 Å². The van der Waals surface area contributed by atoms with Crippen molar-refractivity contribution in [1.82, 2.24) is 14.4 Å². The van der Waals surface area contributed by atoms with Crippen LogP contribution in [0.2, 0.25) is 0 Å². The average Bonchev–Trinajstić information content (AvgIpc) is 3.31. The summed E-state index contributed by atoms with van der Waals surface area (Å²) >= 11 is 1.21. The summed E-state index contributed by atoms with van der Waals surface area (Å²) < 4.78 is 7.62. The highest BCUT2D eigenvalue weighted by Gasteiger charge is 2.35. The molecule has 0 saturated carbocycles. The number of methoxy groups -OCH3 is 1. The standard InChI is InChI=1S/C31H36N6O5S/c1-6-34(7-2)30(39)27-20(3)32-31-36(28(27)23-10-8-9-11-25(23)42-5)29(38)26(43-31)19-21-18-22(37(40)41)12-13-24(21)35-16-14-33(4)15-17-35/h8-13,18-19,28H,6-7,14-17H2,1-5H3/b26-19-/t28-/m1/s1. The Balaban J connectivity index is 1.73. The van der Waals surface area contributed by atoms with E-state index in [0.717, 1.165) is 31.9 Å². The maximum absolute atomic E-state index is 14.3. The number of nitro benzene ring substituents is 1. The molecule has 43 heavy (non-hydrogen) atoms. The fourth-order valence-corrected chi connectivity index (χ4v) is 6.75. The molecule has 5 rings (SSSR count). The highest BCUT2D eigenvalue weighted by molar-refractivity contribution is 7.07. The topological polar surface area (TPSA) is 114 Å². The molecule has 0 unspecified atom stereocenters. The molecule has 226 valence electrons. The van der Waals surface area contributed by atoms with Crippen molar-refractivity contribution in [2.45, 2.75) is 26.8 Å². The Bertz CT molecular complexity index is 1770. The van der Waals surface area contributed by atoms with Crippen molar-refractivity contribution in [3.8, 4) is 5.75 Å². The first kappa shape index (κ1) is 30.2. The van der Waals surface area contributed by atoms with E-state index in [1.165, 1.54) is 23.5 Å². The van der Waals surface area contributed by atoms with E-state index in [9.17, 15) is 19.7 Å². The first-order chi connectivity index (χ1) is 20.7. The SMILES string of the molecule is CCN(CC)C(=O)C1=C(C)N=c2s/c(=C\c3cc([N+](=O)[O-])ccc3N3CCN(C)CC3)c(=O)n2[C@@H]1c1ccccc1OC. The number of fused-ring (bicyclic) bond motifs is 1. The van der Waals surface area contributed by atoms with Crippen molar-refractivity contribution >= 4 is 34.7 Å². The lowest BCUT2D eigenvalue weighted by Gasteiger charge is -2.34. The normalized spacial score (nSPS) is 17.5. The van der Waals surface area contributed by atoms with Gasteiger partial charge < -0.3 is 19.4 Å². The molecule has 12 heteroatoms. The summed E-state index contributed by atoms with van der Waals surface area (Å²) in [6.45, 7) is 9.90. The third-order valence-electron chi connectivity index (χ3n) is 8.09. The zero-order valence-electron chi connectivity index (χ0n) is 25.1. The van der Waals surface area contributed by atoms with Gasteiger partial charge in [-0.15, -0.1) is 0 Å². The number of likely N-dealkylation sites (N-methyl/N-ethyl adjacent to an activating group) is 2. The van der Waals surface area contributed by atoms with Gasteiger partial charge in [0.2, 0.25) is 0 Å². The van der Waals surface area contributed by atoms with Crippen molar-refractivity contribution in [2.75, 3.05) is 58.3 Å². The number of rotatable bonds is 8. The number of anilines is 1. The van der Waals surface area contributed by atoms with E-state index < -0.39 is 11.0 Å². The Hall–Kier alpha value is -4.29. The largest absolute Gasteiger partial charge is 0.496 e. The second-order valence-electron chi connectivity index (χ2n) is 10.6. The molecule has 1 saturated heterocycles. The van der Waals surface area contributed by atoms with Gasteiger partial charge in [-0.1, -0.05) is 29.5 Å². The molecule has 2 aromatic carbocycles. The fourth-order valence-electron chi connectivity index (χ4n) is 5.71. The summed E-state index contributed by atoms with van der Waals surface area (Å²) in [6.07, 6.45) is 1.72. The van der Waals surface area contributed by atoms with Crippen LogP contribution in [0.5, 0.6) is 5.75 Å². The molecule has 1 amide bonds. The molecule has 1 aromatic heterocycles. The number of benzene rings is 2. The molecule has 0 aliphatic carbocycles. The summed E-state index contributed by atoms with van der Waals surface area (Å²) in [5.74, 6) is 0.366. The summed E-state index contributed by atoms with van der Waals surface area (Å²) in [4.78, 5) is 50.8. The number of amides is 1. The zero-order valence-corrected chi connectivity index (χ0v) is 25.9. The fraction of sp³-hybridized carbons (Fsp3) is 0.387. The van der Waals surface area contributed by atoms with Gasteiger partial charge in [-0.05, 0) is 46.0 Å². The van der Waals surface area contributed by atoms with Crippen LogP contribution in [0.1, 0.15) is 37.9 Å². The number of thiazole rings is 1. The monoisotopic (exact) mass is 604 g/mol. The molecule has 1 atom stereocenters. The lowest BCUT2D eigenvalue weighted by Crippen LogP contribution is -2.44. The van der Waals surface area contributed by atoms with E-state index in [0.29, 0.717) is 50.6 Å². The smallest absolute Gasteiger partial charge is 0.271 e. The van der Waals surface area contributed by atoms with Crippen molar-refractivity contribution < 1.29 is 14.5 Å². The van der Waals surface area contributed by atoms with Crippen LogP contribution in [-0.4, -0.2) is 78.6 Å². The van der Waals surface area contributed by atoms with Crippen LogP contribution in [-0.2, 0) is 4.79 Å². The number of carbonyl (C=O) groups excluding carboxylic acids is 1. The van der Waals surface area contributed by atoms with E-state index in [4.69, 9.17) is 9.73 Å². The van der Waals surface area contributed by atoms with Crippen LogP contribution in [0.15, 0.2) is 63.5 Å². The number of non-ortho nitro benzene ring substituents is 1. The van der Waals surface area contributed by atoms with E-state index in [-0.39, 0.29) is 17.2 Å². The van der Waals surface area contributed by atoms with Crippen molar-refractivity contribution in [1.29, 1.82) is 0 Å². The van der Waals surface area contributed by atoms with Gasteiger partial charge in [0.1, 0.15) is 11.8 Å². The van der Waals surface area contributed by atoms with Crippen LogP contribution in [0.25, 0.3) is 6.08 Å². The van der Waals surface area contributed by atoms with E-state index in [1.54, 1.807) is 35.6 Å². The van der Waals surface area contributed by atoms with Crippen molar-refractivity contribution in [2.24, 2.45) is 4.99 Å². The first-order valence-corrected chi connectivity index (χ1v) is 15.2. The van der Waals surface area contributed by atoms with Crippen molar-refractivity contribution in [3.05, 3.63) is 94.7 Å². The van der Waals surface area contributed by atoms with Gasteiger partial charge in [0.05, 0.1) is 27.8 Å². The first-order valence-electron chi connectivity index (χ1n) is 14.3. The molecular weight excluding hydrogens is 568 g/mol. The van der Waals surface area contributed by atoms with Crippen LogP contribution in [0.4, 0.5) is 11.4 Å². The third-order valence-corrected chi connectivity index (χ3v) is 9.07. The number of carbonyl (C=O) groups is 1. The van der Waals surface area contributed by atoms with Gasteiger partial charge in [-0.3, -0.25) is 24.3 Å². The van der Waals surface area contributed by atoms with Gasteiger partial charge in [0, 0.05) is 68.2 Å². The number of allylic oxidation sites excluding steroid dienone is 1. The highest BCUT2D eigenvalue weighted by atomic mass is 32.1. The number of nitro groups is 1. The molecule has 0 bridgehead atoms. The second-order valence-corrected chi connectivity index (χ2v) is 11.6. The molecule has 2 aliphatic rings. The van der Waals surface area contributed by atoms with Crippen LogP contribution < -0.4 is 24.5 Å². The average molecular weight is 605 g/mol. The van der Waals surface area contributed by atoms with Gasteiger partial charge in [-0.2, -0.15) is 0 Å². The summed E-state index contributed by atoms with van der Waals surface area (Å²) in [5.41, 5.74) is 2.68. The van der Waals surface area contributed by atoms with Crippen LogP contribution in [0, 0.1) is 10.1 Å². The lowest BCUT2D eigenvalue weighted by atomic mass is 9.94. The predicted octanol–water partition coefficient (Wildman–Crippen LogP) is 2.77. The molecule has 0 spiro atoms. The Labute approximate surface area is 253 Å². The minimum atomic E-state index is -0.759. The van der Waals surface area contributed by atoms with Gasteiger partial charge in [-0.25, -0.2) is 4.99 Å². The molecule has 1 fully saturated rings. The molecule has 11 nitrogen and oxygen atoms in total. The quantitative estimate of drug-likeness (QED) is 0.287. The molecule has 3 heterocycles. The molecule has 2 aliphatic heterocycles. The van der Waals surface area contributed by atoms with E-state index >= 15 is 0 Å². The van der Waals surface area contributed by atoms with Gasteiger partial charge in [0.15, 0.2) is 4.80 Å². The number of nitrogens with zero attached hydrogens (tertiary/aromatic N) is 6. The number of para-hydroxylation sites is 1. The molecule has 0 radical (unpaired) electrons. The number of piperazine rings is 1. The lowest BCUT2D eigenvalue weighted by molar-refractivity contribution is -0.384. The minimum Gasteiger partial charge on any atom is -0.496 e. The minimum absolute atomic E-state index is 0.0493. The Morgan fingerprint density at radius 1 is 1.16 bits per heavy atom. The van der Waals surface area contributed by atoms with Crippen LogP contribution >= 0.6 is 11.3 Å². The molecule has 3 aromatic rings. The number of aromatic nitrogens is 1. The highest BCUT2D eigenvalue weighted by Crippen LogP contribution is 2.36. The summed E-state index contributed by atoms with van der Waals surface area (Å²) in [7, 11) is 3.63.